The van der Waals surface area contributed by atoms with Crippen LogP contribution >= 0.6 is 0 Å². The van der Waals surface area contributed by atoms with Gasteiger partial charge in [-0.05, 0) is 61.2 Å². The van der Waals surface area contributed by atoms with E-state index in [1.807, 2.05) is 10.7 Å². The van der Waals surface area contributed by atoms with Crippen molar-refractivity contribution in [2.24, 2.45) is 0 Å². The lowest BCUT2D eigenvalue weighted by molar-refractivity contribution is 0.203. The molecule has 0 saturated heterocycles. The molecule has 138 valence electrons. The van der Waals surface area contributed by atoms with Gasteiger partial charge in [0.2, 0.25) is 0 Å². The van der Waals surface area contributed by atoms with E-state index in [0.29, 0.717) is 5.82 Å². The molecule has 0 aliphatic carbocycles. The van der Waals surface area contributed by atoms with Crippen molar-refractivity contribution in [3.05, 3.63) is 54.1 Å². The molecular formula is C20H19FN4O2. The van der Waals surface area contributed by atoms with E-state index < -0.39 is 6.09 Å². The summed E-state index contributed by atoms with van der Waals surface area (Å²) in [5.41, 5.74) is 4.55. The van der Waals surface area contributed by atoms with Crippen LogP contribution in [0.3, 0.4) is 0 Å². The zero-order chi connectivity index (χ0) is 19.0. The molecule has 1 aliphatic heterocycles. The number of benzene rings is 1. The van der Waals surface area contributed by atoms with Crippen LogP contribution in [0.5, 0.6) is 0 Å². The Morgan fingerprint density at radius 2 is 1.96 bits per heavy atom. The molecule has 0 bridgehead atoms. The monoisotopic (exact) mass is 366 g/mol. The maximum absolute atomic E-state index is 13.4. The molecule has 3 heterocycles. The van der Waals surface area contributed by atoms with Crippen LogP contribution in [0.1, 0.15) is 18.5 Å². The molecule has 7 heteroatoms. The number of amides is 1. The highest BCUT2D eigenvalue weighted by Gasteiger charge is 2.23. The number of rotatable bonds is 3. The molecule has 0 spiro atoms. The van der Waals surface area contributed by atoms with Crippen LogP contribution in [0.15, 0.2) is 42.6 Å². The third-order valence-electron chi connectivity index (χ3n) is 4.87. The van der Waals surface area contributed by atoms with Gasteiger partial charge in [-0.1, -0.05) is 0 Å². The molecule has 27 heavy (non-hydrogen) atoms. The summed E-state index contributed by atoms with van der Waals surface area (Å²) in [6, 6.07) is 9.91. The lowest BCUT2D eigenvalue weighted by Gasteiger charge is -2.16. The lowest BCUT2D eigenvalue weighted by atomic mass is 9.96. The highest BCUT2D eigenvalue weighted by atomic mass is 19.1. The predicted octanol–water partition coefficient (Wildman–Crippen LogP) is 4.20. The molecule has 0 saturated carbocycles. The van der Waals surface area contributed by atoms with E-state index in [9.17, 15) is 14.3 Å². The molecule has 1 amide bonds. The molecule has 0 radical (unpaired) electrons. The lowest BCUT2D eigenvalue weighted by Crippen LogP contribution is -2.24. The summed E-state index contributed by atoms with van der Waals surface area (Å²) >= 11 is 0. The fourth-order valence-electron chi connectivity index (χ4n) is 3.46. The minimum absolute atomic E-state index is 0.293. The largest absolute Gasteiger partial charge is 0.465 e. The maximum atomic E-state index is 13.4. The van der Waals surface area contributed by atoms with E-state index in [0.717, 1.165) is 58.8 Å². The Labute approximate surface area is 155 Å². The van der Waals surface area contributed by atoms with Crippen molar-refractivity contribution in [2.45, 2.75) is 25.8 Å². The van der Waals surface area contributed by atoms with Crippen LogP contribution in [-0.4, -0.2) is 33.0 Å². The van der Waals surface area contributed by atoms with E-state index in [-0.39, 0.29) is 5.82 Å². The SMILES string of the molecule is CN(C(=O)O)c1cc(-c2c(-c3ccc(F)cc3)nn3c2CCCC3)ccn1. The Balaban J connectivity index is 1.89. The van der Waals surface area contributed by atoms with Gasteiger partial charge in [-0.25, -0.2) is 14.2 Å². The number of halogens is 1. The minimum atomic E-state index is -1.07. The fourth-order valence-corrected chi connectivity index (χ4v) is 3.46. The number of pyridine rings is 1. The van der Waals surface area contributed by atoms with Crippen LogP contribution in [0.25, 0.3) is 22.4 Å². The second-order valence-electron chi connectivity index (χ2n) is 6.60. The van der Waals surface area contributed by atoms with E-state index in [1.54, 1.807) is 24.4 Å². The van der Waals surface area contributed by atoms with Gasteiger partial charge in [0.15, 0.2) is 0 Å². The summed E-state index contributed by atoms with van der Waals surface area (Å²) < 4.78 is 15.4. The van der Waals surface area contributed by atoms with E-state index in [2.05, 4.69) is 4.98 Å². The normalized spacial score (nSPS) is 13.3. The number of hydrogen-bond donors (Lipinski definition) is 1. The molecule has 2 aromatic heterocycles. The van der Waals surface area contributed by atoms with Gasteiger partial charge in [0.25, 0.3) is 0 Å². The van der Waals surface area contributed by atoms with Crippen molar-refractivity contribution >= 4 is 11.9 Å². The first kappa shape index (κ1) is 17.2. The minimum Gasteiger partial charge on any atom is -0.465 e. The van der Waals surface area contributed by atoms with Gasteiger partial charge in [0, 0.05) is 36.6 Å². The second kappa shape index (κ2) is 6.83. The number of hydrogen-bond acceptors (Lipinski definition) is 3. The molecule has 3 aromatic rings. The summed E-state index contributed by atoms with van der Waals surface area (Å²) in [6.45, 7) is 0.844. The third kappa shape index (κ3) is 3.16. The van der Waals surface area contributed by atoms with Crippen molar-refractivity contribution in [2.75, 3.05) is 11.9 Å². The molecule has 0 atom stereocenters. The highest BCUT2D eigenvalue weighted by Crippen LogP contribution is 2.37. The first-order valence-corrected chi connectivity index (χ1v) is 8.83. The Kier molecular flexibility index (Phi) is 4.35. The van der Waals surface area contributed by atoms with Crippen molar-refractivity contribution in [1.82, 2.24) is 14.8 Å². The Bertz CT molecular complexity index is 998. The van der Waals surface area contributed by atoms with Gasteiger partial charge >= 0.3 is 6.09 Å². The summed E-state index contributed by atoms with van der Waals surface area (Å²) in [5, 5.41) is 14.0. The first-order valence-electron chi connectivity index (χ1n) is 8.83. The van der Waals surface area contributed by atoms with Crippen molar-refractivity contribution in [3.8, 4) is 22.4 Å². The Morgan fingerprint density at radius 1 is 1.19 bits per heavy atom. The number of carboxylic acid groups (broad SMARTS) is 1. The summed E-state index contributed by atoms with van der Waals surface area (Å²) in [4.78, 5) is 16.5. The van der Waals surface area contributed by atoms with Gasteiger partial charge < -0.3 is 5.11 Å². The number of aryl methyl sites for hydroxylation is 1. The zero-order valence-corrected chi connectivity index (χ0v) is 14.9. The standard InChI is InChI=1S/C20H19FN4O2/c1-24(20(26)27)17-12-14(9-10-22-17)18-16-4-2-3-11-25(16)23-19(18)13-5-7-15(21)8-6-13/h5-10,12H,2-4,11H2,1H3,(H,26,27). The molecule has 1 aliphatic rings. The third-order valence-corrected chi connectivity index (χ3v) is 4.87. The average Bonchev–Trinajstić information content (AvgIpc) is 3.07. The number of nitrogens with zero attached hydrogens (tertiary/aromatic N) is 4. The molecule has 0 unspecified atom stereocenters. The number of fused-ring (bicyclic) bond motifs is 1. The average molecular weight is 366 g/mol. The van der Waals surface area contributed by atoms with Crippen LogP contribution in [0.2, 0.25) is 0 Å². The van der Waals surface area contributed by atoms with Gasteiger partial charge in [-0.3, -0.25) is 9.58 Å². The van der Waals surface area contributed by atoms with Crippen LogP contribution < -0.4 is 4.90 Å². The van der Waals surface area contributed by atoms with Crippen molar-refractivity contribution in [1.29, 1.82) is 0 Å². The Morgan fingerprint density at radius 3 is 2.70 bits per heavy atom. The zero-order valence-electron chi connectivity index (χ0n) is 14.9. The first-order chi connectivity index (χ1) is 13.0. The summed E-state index contributed by atoms with van der Waals surface area (Å²) in [5.74, 6) is 0.0550. The fraction of sp³-hybridized carbons (Fsp3) is 0.250. The summed E-state index contributed by atoms with van der Waals surface area (Å²) in [6.07, 6.45) is 3.58. The van der Waals surface area contributed by atoms with Gasteiger partial charge in [-0.2, -0.15) is 5.10 Å². The topological polar surface area (TPSA) is 71.2 Å². The van der Waals surface area contributed by atoms with Crippen LogP contribution in [-0.2, 0) is 13.0 Å². The molecule has 0 fully saturated rings. The van der Waals surface area contributed by atoms with Crippen LogP contribution in [0, 0.1) is 5.82 Å². The van der Waals surface area contributed by atoms with Crippen molar-refractivity contribution < 1.29 is 14.3 Å². The van der Waals surface area contributed by atoms with Gasteiger partial charge in [0.1, 0.15) is 17.3 Å². The Hall–Kier alpha value is -3.22. The molecule has 1 aromatic carbocycles. The van der Waals surface area contributed by atoms with E-state index in [1.165, 1.54) is 19.2 Å². The van der Waals surface area contributed by atoms with Gasteiger partial charge in [0.05, 0.1) is 0 Å². The second-order valence-corrected chi connectivity index (χ2v) is 6.60. The molecule has 4 rings (SSSR count). The van der Waals surface area contributed by atoms with E-state index in [4.69, 9.17) is 5.10 Å². The highest BCUT2D eigenvalue weighted by molar-refractivity contribution is 5.87. The van der Waals surface area contributed by atoms with Gasteiger partial charge in [-0.15, -0.1) is 0 Å². The summed E-state index contributed by atoms with van der Waals surface area (Å²) in [7, 11) is 1.46. The van der Waals surface area contributed by atoms with Crippen molar-refractivity contribution in [3.63, 3.8) is 0 Å². The molecular weight excluding hydrogens is 347 g/mol. The maximum Gasteiger partial charge on any atom is 0.412 e. The predicted molar refractivity (Wildman–Crippen MR) is 100 cm³/mol. The molecule has 6 nitrogen and oxygen atoms in total. The smallest absolute Gasteiger partial charge is 0.412 e. The number of carbonyl (C=O) groups is 1. The van der Waals surface area contributed by atoms with Crippen LogP contribution in [0.4, 0.5) is 15.0 Å². The van der Waals surface area contributed by atoms with E-state index >= 15 is 0 Å². The quantitative estimate of drug-likeness (QED) is 0.754. The number of anilines is 1. The molecule has 1 N–H and O–H groups in total. The number of aromatic nitrogens is 3.